The minimum atomic E-state index is -0.690. The Morgan fingerprint density at radius 1 is 0.931 bits per heavy atom. The Balaban J connectivity index is 2.05. The Kier molecular flexibility index (Phi) is 8.33. The first-order valence-corrected chi connectivity index (χ1v) is 9.36. The lowest BCUT2D eigenvalue weighted by molar-refractivity contribution is -0.125. The lowest BCUT2D eigenvalue weighted by atomic mass is 10.0. The molecule has 0 fully saturated rings. The van der Waals surface area contributed by atoms with Crippen molar-refractivity contribution in [3.05, 3.63) is 53.6 Å². The molecule has 2 aromatic rings. The van der Waals surface area contributed by atoms with Gasteiger partial charge in [-0.15, -0.1) is 0 Å². The summed E-state index contributed by atoms with van der Waals surface area (Å²) < 4.78 is 20.9. The van der Waals surface area contributed by atoms with Gasteiger partial charge in [0.2, 0.25) is 5.75 Å². The fraction of sp³-hybridized carbons (Fsp3) is 0.364. The number of rotatable bonds is 10. The summed E-state index contributed by atoms with van der Waals surface area (Å²) in [5, 5.41) is 2.92. The summed E-state index contributed by atoms with van der Waals surface area (Å²) in [5.74, 6) is -0.180. The summed E-state index contributed by atoms with van der Waals surface area (Å²) in [7, 11) is 4.34. The molecule has 2 rings (SSSR count). The van der Waals surface area contributed by atoms with E-state index in [1.54, 1.807) is 6.07 Å². The van der Waals surface area contributed by atoms with E-state index in [0.717, 1.165) is 18.4 Å². The minimum absolute atomic E-state index is 0.136. The lowest BCUT2D eigenvalue weighted by Gasteiger charge is -2.19. The summed E-state index contributed by atoms with van der Waals surface area (Å²) in [6.45, 7) is 1.65. The molecule has 0 radical (unpaired) electrons. The van der Waals surface area contributed by atoms with Gasteiger partial charge in [-0.2, -0.15) is 0 Å². The highest BCUT2D eigenvalue weighted by Gasteiger charge is 2.23. The average Bonchev–Trinajstić information content (AvgIpc) is 2.76. The quantitative estimate of drug-likeness (QED) is 0.613. The van der Waals surface area contributed by atoms with Gasteiger partial charge in [0.1, 0.15) is 5.56 Å². The number of esters is 1. The zero-order valence-electron chi connectivity index (χ0n) is 17.2. The number of ether oxygens (including phenoxy) is 4. The van der Waals surface area contributed by atoms with Crippen molar-refractivity contribution in [1.29, 1.82) is 0 Å². The van der Waals surface area contributed by atoms with Crippen LogP contribution in [0.5, 0.6) is 17.2 Å². The molecule has 1 amide bonds. The smallest absolute Gasteiger partial charge is 0.342 e. The van der Waals surface area contributed by atoms with Crippen molar-refractivity contribution in [2.45, 2.75) is 25.8 Å². The van der Waals surface area contributed by atoms with Gasteiger partial charge in [0.15, 0.2) is 18.1 Å². The SMILES string of the molecule is CCCC(NC(=O)COC(=O)c1ccc(OC)c(OC)c1OC)c1ccccc1. The molecule has 0 heterocycles. The first-order valence-electron chi connectivity index (χ1n) is 9.36. The van der Waals surface area contributed by atoms with Crippen LogP contribution in [0.1, 0.15) is 41.7 Å². The highest BCUT2D eigenvalue weighted by molar-refractivity contribution is 5.95. The number of hydrogen-bond donors (Lipinski definition) is 1. The zero-order valence-corrected chi connectivity index (χ0v) is 17.2. The topological polar surface area (TPSA) is 83.1 Å². The molecule has 0 spiro atoms. The van der Waals surface area contributed by atoms with Crippen molar-refractivity contribution in [3.63, 3.8) is 0 Å². The predicted octanol–water partition coefficient (Wildman–Crippen LogP) is 3.53. The molecule has 1 atom stereocenters. The maximum absolute atomic E-state index is 12.5. The molecule has 0 aromatic heterocycles. The minimum Gasteiger partial charge on any atom is -0.493 e. The van der Waals surface area contributed by atoms with Crippen LogP contribution in [0.15, 0.2) is 42.5 Å². The van der Waals surface area contributed by atoms with E-state index in [4.69, 9.17) is 18.9 Å². The van der Waals surface area contributed by atoms with E-state index < -0.39 is 12.6 Å². The molecule has 2 aromatic carbocycles. The predicted molar refractivity (Wildman–Crippen MR) is 109 cm³/mol. The van der Waals surface area contributed by atoms with Crippen LogP contribution in [0, 0.1) is 0 Å². The van der Waals surface area contributed by atoms with Gasteiger partial charge in [-0.25, -0.2) is 4.79 Å². The molecule has 0 aliphatic carbocycles. The van der Waals surface area contributed by atoms with Crippen LogP contribution < -0.4 is 19.5 Å². The number of methoxy groups -OCH3 is 3. The normalized spacial score (nSPS) is 11.3. The second-order valence-electron chi connectivity index (χ2n) is 6.28. The summed E-state index contributed by atoms with van der Waals surface area (Å²) in [4.78, 5) is 24.9. The molecule has 1 N–H and O–H groups in total. The lowest BCUT2D eigenvalue weighted by Crippen LogP contribution is -2.32. The number of carbonyl (C=O) groups excluding carboxylic acids is 2. The molecule has 0 aliphatic heterocycles. The van der Waals surface area contributed by atoms with Crippen LogP contribution in [0.2, 0.25) is 0 Å². The van der Waals surface area contributed by atoms with Gasteiger partial charge in [0, 0.05) is 0 Å². The third kappa shape index (κ3) is 5.63. The Morgan fingerprint density at radius 3 is 2.21 bits per heavy atom. The summed E-state index contributed by atoms with van der Waals surface area (Å²) >= 11 is 0. The highest BCUT2D eigenvalue weighted by atomic mass is 16.5. The summed E-state index contributed by atoms with van der Waals surface area (Å²) in [6, 6.07) is 12.6. The van der Waals surface area contributed by atoms with Gasteiger partial charge >= 0.3 is 5.97 Å². The van der Waals surface area contributed by atoms with Crippen molar-refractivity contribution in [2.75, 3.05) is 27.9 Å². The fourth-order valence-corrected chi connectivity index (χ4v) is 3.00. The van der Waals surface area contributed by atoms with Gasteiger partial charge in [0.05, 0.1) is 27.4 Å². The van der Waals surface area contributed by atoms with E-state index in [2.05, 4.69) is 5.32 Å². The molecule has 156 valence electrons. The van der Waals surface area contributed by atoms with E-state index >= 15 is 0 Å². The van der Waals surface area contributed by atoms with Crippen LogP contribution >= 0.6 is 0 Å². The second kappa shape index (κ2) is 10.9. The van der Waals surface area contributed by atoms with Crippen molar-refractivity contribution in [3.8, 4) is 17.2 Å². The van der Waals surface area contributed by atoms with Gasteiger partial charge in [-0.05, 0) is 24.1 Å². The molecule has 0 saturated carbocycles. The maximum Gasteiger partial charge on any atom is 0.342 e. The number of nitrogens with one attached hydrogen (secondary N) is 1. The number of amides is 1. The van der Waals surface area contributed by atoms with Crippen LogP contribution in [-0.4, -0.2) is 39.8 Å². The average molecular weight is 401 g/mol. The fourth-order valence-electron chi connectivity index (χ4n) is 3.00. The van der Waals surface area contributed by atoms with E-state index in [-0.39, 0.29) is 29.0 Å². The molecule has 29 heavy (non-hydrogen) atoms. The third-order valence-corrected chi connectivity index (χ3v) is 4.37. The number of carbonyl (C=O) groups is 2. The molecule has 0 bridgehead atoms. The standard InChI is InChI=1S/C22H27NO6/c1-5-9-17(15-10-7-6-8-11-15)23-19(24)14-29-22(25)16-12-13-18(26-2)21(28-4)20(16)27-3/h6-8,10-13,17H,5,9,14H2,1-4H3,(H,23,24). The van der Waals surface area contributed by atoms with Crippen LogP contribution in [0.4, 0.5) is 0 Å². The molecule has 0 aliphatic rings. The van der Waals surface area contributed by atoms with Gasteiger partial charge in [0.25, 0.3) is 5.91 Å². The molecular weight excluding hydrogens is 374 g/mol. The van der Waals surface area contributed by atoms with Gasteiger partial charge in [-0.3, -0.25) is 4.79 Å². The summed E-state index contributed by atoms with van der Waals surface area (Å²) in [6.07, 6.45) is 1.69. The molecule has 7 nitrogen and oxygen atoms in total. The van der Waals surface area contributed by atoms with Crippen molar-refractivity contribution < 1.29 is 28.5 Å². The van der Waals surface area contributed by atoms with Crippen LogP contribution in [-0.2, 0) is 9.53 Å². The van der Waals surface area contributed by atoms with E-state index in [0.29, 0.717) is 5.75 Å². The Morgan fingerprint density at radius 2 is 1.62 bits per heavy atom. The van der Waals surface area contributed by atoms with Crippen molar-refractivity contribution in [2.24, 2.45) is 0 Å². The largest absolute Gasteiger partial charge is 0.493 e. The van der Waals surface area contributed by atoms with E-state index in [1.165, 1.54) is 27.4 Å². The first kappa shape index (κ1) is 22.1. The second-order valence-corrected chi connectivity index (χ2v) is 6.28. The molecular formula is C22H27NO6. The van der Waals surface area contributed by atoms with Crippen LogP contribution in [0.3, 0.4) is 0 Å². The highest BCUT2D eigenvalue weighted by Crippen LogP contribution is 2.39. The third-order valence-electron chi connectivity index (χ3n) is 4.37. The maximum atomic E-state index is 12.5. The number of benzene rings is 2. The number of hydrogen-bond acceptors (Lipinski definition) is 6. The molecule has 0 saturated heterocycles. The zero-order chi connectivity index (χ0) is 21.2. The Labute approximate surface area is 170 Å². The van der Waals surface area contributed by atoms with E-state index in [1.807, 2.05) is 37.3 Å². The van der Waals surface area contributed by atoms with E-state index in [9.17, 15) is 9.59 Å². The monoisotopic (exact) mass is 401 g/mol. The van der Waals surface area contributed by atoms with Crippen LogP contribution in [0.25, 0.3) is 0 Å². The molecule has 7 heteroatoms. The Bertz CT molecular complexity index is 822. The van der Waals surface area contributed by atoms with Crippen molar-refractivity contribution >= 4 is 11.9 Å². The van der Waals surface area contributed by atoms with Gasteiger partial charge in [-0.1, -0.05) is 43.7 Å². The summed E-state index contributed by atoms with van der Waals surface area (Å²) in [5.41, 5.74) is 1.15. The Hall–Kier alpha value is -3.22. The van der Waals surface area contributed by atoms with Gasteiger partial charge < -0.3 is 24.3 Å². The molecule has 1 unspecified atom stereocenters. The first-order chi connectivity index (χ1) is 14.0. The van der Waals surface area contributed by atoms with Crippen molar-refractivity contribution in [1.82, 2.24) is 5.32 Å².